The monoisotopic (exact) mass is 479 g/mol. The Morgan fingerprint density at radius 1 is 1.00 bits per heavy atom. The summed E-state index contributed by atoms with van der Waals surface area (Å²) < 4.78 is 2.58. The first kappa shape index (κ1) is 25.3. The summed E-state index contributed by atoms with van der Waals surface area (Å²) in [6, 6.07) is 10.3. The van der Waals surface area contributed by atoms with Crippen molar-refractivity contribution < 1.29 is 14.4 Å². The number of anilines is 1. The van der Waals surface area contributed by atoms with Crippen LogP contribution in [0.2, 0.25) is 0 Å². The van der Waals surface area contributed by atoms with E-state index in [4.69, 9.17) is 0 Å². The number of amides is 3. The fourth-order valence-corrected chi connectivity index (χ4v) is 2.97. The van der Waals surface area contributed by atoms with Gasteiger partial charge in [0.1, 0.15) is 6.04 Å². The van der Waals surface area contributed by atoms with Crippen LogP contribution in [0.4, 0.5) is 5.69 Å². The molecule has 3 rings (SSSR count). The SMILES string of the molecule is C[C@H](C(=O)NCCNC(=O)c1ccc(NC(=O)C(C)(C)C)cc1)n1nc(-n2cccn2)ccc1=O. The fraction of sp³-hybridized carbons (Fsp3) is 0.333. The van der Waals surface area contributed by atoms with Crippen molar-refractivity contribution in [1.29, 1.82) is 0 Å². The van der Waals surface area contributed by atoms with Crippen LogP contribution < -0.4 is 21.5 Å². The van der Waals surface area contributed by atoms with Gasteiger partial charge in [0.15, 0.2) is 5.82 Å². The lowest BCUT2D eigenvalue weighted by Crippen LogP contribution is -2.40. The summed E-state index contributed by atoms with van der Waals surface area (Å²) in [5.41, 5.74) is 0.0801. The van der Waals surface area contributed by atoms with Crippen LogP contribution in [0.15, 0.2) is 59.7 Å². The van der Waals surface area contributed by atoms with E-state index in [1.807, 2.05) is 20.8 Å². The van der Waals surface area contributed by atoms with E-state index in [-0.39, 0.29) is 24.9 Å². The molecule has 3 amide bonds. The molecule has 0 saturated carbocycles. The first-order chi connectivity index (χ1) is 16.6. The largest absolute Gasteiger partial charge is 0.352 e. The lowest BCUT2D eigenvalue weighted by atomic mass is 9.95. The van der Waals surface area contributed by atoms with Gasteiger partial charge in [-0.05, 0) is 43.3 Å². The zero-order valence-electron chi connectivity index (χ0n) is 20.1. The van der Waals surface area contributed by atoms with E-state index in [9.17, 15) is 19.2 Å². The Labute approximate surface area is 202 Å². The molecular formula is C24H29N7O4. The molecule has 35 heavy (non-hydrogen) atoms. The summed E-state index contributed by atoms with van der Waals surface area (Å²) in [6.45, 7) is 7.37. The third-order valence-corrected chi connectivity index (χ3v) is 5.09. The third-order valence-electron chi connectivity index (χ3n) is 5.09. The normalized spacial score (nSPS) is 12.0. The third kappa shape index (κ3) is 6.62. The summed E-state index contributed by atoms with van der Waals surface area (Å²) >= 11 is 0. The maximum Gasteiger partial charge on any atom is 0.267 e. The van der Waals surface area contributed by atoms with Gasteiger partial charge in [0, 0.05) is 48.2 Å². The molecule has 2 aromatic heterocycles. The average Bonchev–Trinajstić information content (AvgIpc) is 3.36. The molecule has 3 N–H and O–H groups in total. The average molecular weight is 480 g/mol. The van der Waals surface area contributed by atoms with Gasteiger partial charge < -0.3 is 16.0 Å². The van der Waals surface area contributed by atoms with Gasteiger partial charge in [-0.25, -0.2) is 9.36 Å². The Balaban J connectivity index is 1.49. The van der Waals surface area contributed by atoms with Crippen LogP contribution >= 0.6 is 0 Å². The van der Waals surface area contributed by atoms with Crippen molar-refractivity contribution in [3.63, 3.8) is 0 Å². The first-order valence-corrected chi connectivity index (χ1v) is 11.1. The molecule has 0 radical (unpaired) electrons. The number of hydrogen-bond acceptors (Lipinski definition) is 6. The van der Waals surface area contributed by atoms with Crippen molar-refractivity contribution >= 4 is 23.4 Å². The molecule has 2 heterocycles. The van der Waals surface area contributed by atoms with Gasteiger partial charge in [0.05, 0.1) is 0 Å². The number of nitrogens with one attached hydrogen (secondary N) is 3. The summed E-state index contributed by atoms with van der Waals surface area (Å²) in [5.74, 6) is -0.438. The van der Waals surface area contributed by atoms with Crippen LogP contribution in [0.5, 0.6) is 0 Å². The number of carbonyl (C=O) groups excluding carboxylic acids is 3. The van der Waals surface area contributed by atoms with Crippen molar-refractivity contribution in [3.05, 3.63) is 70.8 Å². The van der Waals surface area contributed by atoms with Crippen LogP contribution in [-0.2, 0) is 9.59 Å². The first-order valence-electron chi connectivity index (χ1n) is 11.1. The molecule has 11 nitrogen and oxygen atoms in total. The van der Waals surface area contributed by atoms with E-state index in [1.54, 1.807) is 49.6 Å². The van der Waals surface area contributed by atoms with E-state index in [0.717, 1.165) is 4.68 Å². The minimum atomic E-state index is -0.857. The molecule has 3 aromatic rings. The Morgan fingerprint density at radius 2 is 1.69 bits per heavy atom. The molecule has 1 atom stereocenters. The van der Waals surface area contributed by atoms with Gasteiger partial charge in [-0.1, -0.05) is 20.8 Å². The van der Waals surface area contributed by atoms with E-state index in [0.29, 0.717) is 17.1 Å². The predicted octanol–water partition coefficient (Wildman–Crippen LogP) is 1.52. The summed E-state index contributed by atoms with van der Waals surface area (Å²) in [4.78, 5) is 49.1. The van der Waals surface area contributed by atoms with E-state index in [1.165, 1.54) is 16.8 Å². The number of rotatable bonds is 8. The molecule has 0 fully saturated rings. The Bertz CT molecular complexity index is 1240. The van der Waals surface area contributed by atoms with E-state index in [2.05, 4.69) is 26.1 Å². The Kier molecular flexibility index (Phi) is 7.80. The minimum absolute atomic E-state index is 0.120. The van der Waals surface area contributed by atoms with Gasteiger partial charge in [-0.2, -0.15) is 5.10 Å². The van der Waals surface area contributed by atoms with Crippen molar-refractivity contribution in [2.45, 2.75) is 33.7 Å². The van der Waals surface area contributed by atoms with Crippen molar-refractivity contribution in [1.82, 2.24) is 30.2 Å². The zero-order chi connectivity index (χ0) is 25.6. The zero-order valence-corrected chi connectivity index (χ0v) is 20.1. The highest BCUT2D eigenvalue weighted by Gasteiger charge is 2.21. The molecule has 0 saturated heterocycles. The highest BCUT2D eigenvalue weighted by atomic mass is 16.2. The molecule has 0 aliphatic rings. The number of carbonyl (C=O) groups is 3. The minimum Gasteiger partial charge on any atom is -0.352 e. The van der Waals surface area contributed by atoms with Crippen LogP contribution in [0.25, 0.3) is 5.82 Å². The van der Waals surface area contributed by atoms with Gasteiger partial charge in [-0.3, -0.25) is 19.2 Å². The fourth-order valence-electron chi connectivity index (χ4n) is 2.97. The van der Waals surface area contributed by atoms with Gasteiger partial charge in [-0.15, -0.1) is 5.10 Å². The van der Waals surface area contributed by atoms with Crippen LogP contribution in [-0.4, -0.2) is 50.4 Å². The summed E-state index contributed by atoms with van der Waals surface area (Å²) in [5, 5.41) is 16.5. The van der Waals surface area contributed by atoms with E-state index < -0.39 is 22.9 Å². The number of benzene rings is 1. The second-order valence-electron chi connectivity index (χ2n) is 8.93. The topological polar surface area (TPSA) is 140 Å². The number of hydrogen-bond donors (Lipinski definition) is 3. The van der Waals surface area contributed by atoms with Crippen molar-refractivity contribution in [2.24, 2.45) is 5.41 Å². The standard InChI is InChI=1S/C24H29N7O4/c1-16(31-20(32)11-10-19(29-31)30-15-5-12-27-30)21(33)25-13-14-26-22(34)17-6-8-18(9-7-17)28-23(35)24(2,3)4/h5-12,15-16H,13-14H2,1-4H3,(H,25,33)(H,26,34)(H,28,35)/t16-/m1/s1. The number of aromatic nitrogens is 4. The predicted molar refractivity (Wildman–Crippen MR) is 130 cm³/mol. The van der Waals surface area contributed by atoms with Gasteiger partial charge >= 0.3 is 0 Å². The van der Waals surface area contributed by atoms with Gasteiger partial charge in [0.25, 0.3) is 11.5 Å². The molecule has 0 bridgehead atoms. The second-order valence-corrected chi connectivity index (χ2v) is 8.93. The lowest BCUT2D eigenvalue weighted by molar-refractivity contribution is -0.124. The smallest absolute Gasteiger partial charge is 0.267 e. The Hall–Kier alpha value is -4.28. The van der Waals surface area contributed by atoms with Crippen molar-refractivity contribution in [3.8, 4) is 5.82 Å². The van der Waals surface area contributed by atoms with Crippen LogP contribution in [0.1, 0.15) is 44.1 Å². The number of nitrogens with zero attached hydrogens (tertiary/aromatic N) is 4. The molecule has 0 spiro atoms. The highest BCUT2D eigenvalue weighted by Crippen LogP contribution is 2.17. The van der Waals surface area contributed by atoms with Crippen LogP contribution in [0, 0.1) is 5.41 Å². The lowest BCUT2D eigenvalue weighted by Gasteiger charge is -2.17. The maximum atomic E-state index is 12.5. The molecule has 184 valence electrons. The highest BCUT2D eigenvalue weighted by molar-refractivity contribution is 5.97. The molecule has 0 unspecified atom stereocenters. The molecule has 11 heteroatoms. The van der Waals surface area contributed by atoms with E-state index >= 15 is 0 Å². The molecule has 0 aliphatic carbocycles. The molecule has 0 aliphatic heterocycles. The van der Waals surface area contributed by atoms with Crippen LogP contribution in [0.3, 0.4) is 0 Å². The quantitative estimate of drug-likeness (QED) is 0.419. The summed E-state index contributed by atoms with van der Waals surface area (Å²) in [6.07, 6.45) is 3.26. The Morgan fingerprint density at radius 3 is 2.31 bits per heavy atom. The maximum absolute atomic E-state index is 12.5. The molecular weight excluding hydrogens is 450 g/mol. The second kappa shape index (κ2) is 10.8. The summed E-state index contributed by atoms with van der Waals surface area (Å²) in [7, 11) is 0. The van der Waals surface area contributed by atoms with Gasteiger partial charge in [0.2, 0.25) is 11.8 Å². The van der Waals surface area contributed by atoms with Crippen molar-refractivity contribution in [2.75, 3.05) is 18.4 Å². The molecule has 1 aromatic carbocycles.